The van der Waals surface area contributed by atoms with E-state index < -0.39 is 24.2 Å². The number of hydrogen-bond acceptors (Lipinski definition) is 7. The molecule has 7 nitrogen and oxygen atoms in total. The first kappa shape index (κ1) is 20.0. The SMILES string of the molecule is FC(F)c1nnc(-c2cnc(NC3(c4ccccc4OC(F)(F)F)CCC3)nc2)o1. The third kappa shape index (κ3) is 4.02. The van der Waals surface area contributed by atoms with E-state index in [-0.39, 0.29) is 23.2 Å². The van der Waals surface area contributed by atoms with Gasteiger partial charge in [0.2, 0.25) is 5.95 Å². The summed E-state index contributed by atoms with van der Waals surface area (Å²) in [6.07, 6.45) is -3.23. The molecular formula is C18H14F5N5O2. The lowest BCUT2D eigenvalue weighted by molar-refractivity contribution is -0.275. The molecule has 0 spiro atoms. The lowest BCUT2D eigenvalue weighted by Gasteiger charge is -2.43. The number of aromatic nitrogens is 4. The molecule has 158 valence electrons. The topological polar surface area (TPSA) is 86.0 Å². The van der Waals surface area contributed by atoms with Gasteiger partial charge in [0.1, 0.15) is 5.75 Å². The molecule has 0 saturated heterocycles. The standard InChI is InChI=1S/C18H14F5N5O2/c19-13(20)15-28-27-14(29-15)10-8-24-16(25-9-10)26-17(6-3-7-17)11-4-1-2-5-12(11)30-18(21,22)23/h1-2,4-5,8-9,13H,3,6-7H2,(H,24,25,26). The summed E-state index contributed by atoms with van der Waals surface area (Å²) in [7, 11) is 0. The number of alkyl halides is 5. The highest BCUT2D eigenvalue weighted by molar-refractivity contribution is 5.52. The molecule has 0 bridgehead atoms. The van der Waals surface area contributed by atoms with Gasteiger partial charge in [0.05, 0.1) is 11.1 Å². The number of rotatable bonds is 6. The Labute approximate surface area is 166 Å². The van der Waals surface area contributed by atoms with E-state index in [9.17, 15) is 22.0 Å². The van der Waals surface area contributed by atoms with Crippen LogP contribution in [0.25, 0.3) is 11.5 Å². The van der Waals surface area contributed by atoms with E-state index >= 15 is 0 Å². The Morgan fingerprint density at radius 2 is 1.77 bits per heavy atom. The fourth-order valence-corrected chi connectivity index (χ4v) is 3.22. The number of halogens is 5. The third-order valence-corrected chi connectivity index (χ3v) is 4.71. The normalized spacial score (nSPS) is 15.7. The second-order valence-electron chi connectivity index (χ2n) is 6.65. The quantitative estimate of drug-likeness (QED) is 0.563. The molecule has 1 fully saturated rings. The fourth-order valence-electron chi connectivity index (χ4n) is 3.22. The Bertz CT molecular complexity index is 1020. The van der Waals surface area contributed by atoms with E-state index in [2.05, 4.69) is 30.2 Å². The zero-order chi connectivity index (χ0) is 21.4. The number of benzene rings is 1. The van der Waals surface area contributed by atoms with Crippen LogP contribution >= 0.6 is 0 Å². The van der Waals surface area contributed by atoms with Crippen molar-refractivity contribution in [3.05, 3.63) is 48.1 Å². The number of hydrogen-bond donors (Lipinski definition) is 1. The van der Waals surface area contributed by atoms with Crippen molar-refractivity contribution in [2.45, 2.75) is 37.6 Å². The molecule has 1 N–H and O–H groups in total. The Kier molecular flexibility index (Phi) is 5.00. The average Bonchev–Trinajstić information content (AvgIpc) is 3.15. The van der Waals surface area contributed by atoms with Crippen LogP contribution in [-0.4, -0.2) is 26.5 Å². The average molecular weight is 427 g/mol. The summed E-state index contributed by atoms with van der Waals surface area (Å²) in [5.41, 5.74) is -0.250. The minimum atomic E-state index is -4.82. The number of nitrogens with one attached hydrogen (secondary N) is 1. The van der Waals surface area contributed by atoms with Crippen molar-refractivity contribution >= 4 is 5.95 Å². The molecule has 12 heteroatoms. The van der Waals surface area contributed by atoms with Crippen LogP contribution in [0.1, 0.15) is 37.1 Å². The largest absolute Gasteiger partial charge is 0.573 e. The minimum absolute atomic E-state index is 0.147. The summed E-state index contributed by atoms with van der Waals surface area (Å²) in [5, 5.41) is 9.82. The molecule has 0 aliphatic heterocycles. The van der Waals surface area contributed by atoms with Gasteiger partial charge in [0.25, 0.3) is 11.8 Å². The van der Waals surface area contributed by atoms with E-state index in [0.717, 1.165) is 6.42 Å². The van der Waals surface area contributed by atoms with E-state index in [1.165, 1.54) is 24.5 Å². The maximum absolute atomic E-state index is 12.8. The maximum Gasteiger partial charge on any atom is 0.573 e. The molecule has 2 aromatic heterocycles. The monoisotopic (exact) mass is 427 g/mol. The van der Waals surface area contributed by atoms with Gasteiger partial charge in [-0.1, -0.05) is 18.2 Å². The number of para-hydroxylation sites is 1. The van der Waals surface area contributed by atoms with Gasteiger partial charge in [0, 0.05) is 18.0 Å². The molecule has 4 rings (SSSR count). The molecule has 1 aromatic carbocycles. The number of anilines is 1. The highest BCUT2D eigenvalue weighted by atomic mass is 19.4. The van der Waals surface area contributed by atoms with E-state index in [0.29, 0.717) is 18.4 Å². The second-order valence-corrected chi connectivity index (χ2v) is 6.65. The Morgan fingerprint density at radius 3 is 2.33 bits per heavy atom. The Morgan fingerprint density at radius 1 is 1.07 bits per heavy atom. The number of ether oxygens (including phenoxy) is 1. The summed E-state index contributed by atoms with van der Waals surface area (Å²) in [6.45, 7) is 0. The molecule has 1 saturated carbocycles. The Balaban J connectivity index is 1.57. The van der Waals surface area contributed by atoms with Gasteiger partial charge in [-0.05, 0) is 25.3 Å². The molecule has 30 heavy (non-hydrogen) atoms. The van der Waals surface area contributed by atoms with Crippen LogP contribution in [0.15, 0.2) is 41.1 Å². The highest BCUT2D eigenvalue weighted by Crippen LogP contribution is 2.47. The van der Waals surface area contributed by atoms with Gasteiger partial charge in [-0.2, -0.15) is 8.78 Å². The third-order valence-electron chi connectivity index (χ3n) is 4.71. The lowest BCUT2D eigenvalue weighted by Crippen LogP contribution is -2.43. The van der Waals surface area contributed by atoms with Gasteiger partial charge in [-0.3, -0.25) is 0 Å². The van der Waals surface area contributed by atoms with Crippen molar-refractivity contribution in [1.82, 2.24) is 20.2 Å². The van der Waals surface area contributed by atoms with Gasteiger partial charge in [-0.25, -0.2) is 9.97 Å². The summed E-state index contributed by atoms with van der Waals surface area (Å²) >= 11 is 0. The van der Waals surface area contributed by atoms with Crippen molar-refractivity contribution in [3.8, 4) is 17.2 Å². The van der Waals surface area contributed by atoms with Crippen molar-refractivity contribution in [1.29, 1.82) is 0 Å². The molecule has 0 radical (unpaired) electrons. The smallest absolute Gasteiger partial charge is 0.415 e. The molecule has 2 heterocycles. The molecule has 1 aliphatic rings. The van der Waals surface area contributed by atoms with Gasteiger partial charge in [0.15, 0.2) is 0 Å². The predicted molar refractivity (Wildman–Crippen MR) is 92.6 cm³/mol. The predicted octanol–water partition coefficient (Wildman–Crippen LogP) is 4.85. The van der Waals surface area contributed by atoms with Crippen LogP contribution in [0.4, 0.5) is 27.9 Å². The van der Waals surface area contributed by atoms with Crippen LogP contribution in [0.3, 0.4) is 0 Å². The van der Waals surface area contributed by atoms with Crippen molar-refractivity contribution in [2.24, 2.45) is 0 Å². The number of nitrogens with zero attached hydrogens (tertiary/aromatic N) is 4. The fraction of sp³-hybridized carbons (Fsp3) is 0.333. The zero-order valence-electron chi connectivity index (χ0n) is 15.2. The summed E-state index contributed by atoms with van der Waals surface area (Å²) < 4.78 is 72.5. The first-order chi connectivity index (χ1) is 14.3. The van der Waals surface area contributed by atoms with Crippen molar-refractivity contribution in [2.75, 3.05) is 5.32 Å². The van der Waals surface area contributed by atoms with E-state index in [4.69, 9.17) is 4.42 Å². The highest BCUT2D eigenvalue weighted by Gasteiger charge is 2.43. The van der Waals surface area contributed by atoms with Gasteiger partial charge >= 0.3 is 12.8 Å². The first-order valence-corrected chi connectivity index (χ1v) is 8.83. The molecule has 1 aliphatic carbocycles. The lowest BCUT2D eigenvalue weighted by atomic mass is 9.71. The van der Waals surface area contributed by atoms with Crippen molar-refractivity contribution in [3.63, 3.8) is 0 Å². The van der Waals surface area contributed by atoms with Gasteiger partial charge in [-0.15, -0.1) is 23.4 Å². The summed E-state index contributed by atoms with van der Waals surface area (Å²) in [4.78, 5) is 8.21. The van der Waals surface area contributed by atoms with Gasteiger partial charge < -0.3 is 14.5 Å². The van der Waals surface area contributed by atoms with Crippen molar-refractivity contribution < 1.29 is 31.1 Å². The Hall–Kier alpha value is -3.31. The molecule has 3 aromatic rings. The minimum Gasteiger partial charge on any atom is -0.415 e. The van der Waals surface area contributed by atoms with E-state index in [1.54, 1.807) is 12.1 Å². The molecule has 0 atom stereocenters. The van der Waals surface area contributed by atoms with Crippen LogP contribution in [0.5, 0.6) is 5.75 Å². The molecule has 0 amide bonds. The van der Waals surface area contributed by atoms with Crippen LogP contribution in [0, 0.1) is 0 Å². The summed E-state index contributed by atoms with van der Waals surface area (Å²) in [5.74, 6) is -1.13. The molecular weight excluding hydrogens is 413 g/mol. The van der Waals surface area contributed by atoms with Crippen LogP contribution in [-0.2, 0) is 5.54 Å². The summed E-state index contributed by atoms with van der Waals surface area (Å²) in [6, 6.07) is 5.90. The molecule has 0 unspecified atom stereocenters. The van der Waals surface area contributed by atoms with Crippen LogP contribution in [0.2, 0.25) is 0 Å². The second kappa shape index (κ2) is 7.50. The maximum atomic E-state index is 12.8. The van der Waals surface area contributed by atoms with E-state index in [1.807, 2.05) is 0 Å². The van der Waals surface area contributed by atoms with Crippen LogP contribution < -0.4 is 10.1 Å². The zero-order valence-corrected chi connectivity index (χ0v) is 15.2. The first-order valence-electron chi connectivity index (χ1n) is 8.83.